The number of thiazole rings is 2. The first-order valence-corrected chi connectivity index (χ1v) is 21.5. The third-order valence-corrected chi connectivity index (χ3v) is 11.9. The minimum atomic E-state index is -3.34. The lowest BCUT2D eigenvalue weighted by Gasteiger charge is -2.05. The summed E-state index contributed by atoms with van der Waals surface area (Å²) in [4.78, 5) is 29.5. The number of benzene rings is 2. The Balaban J connectivity index is 0.000000167. The van der Waals surface area contributed by atoms with Crippen molar-refractivity contribution < 1.29 is 36.0 Å². The fourth-order valence-corrected chi connectivity index (χ4v) is 8.01. The first-order chi connectivity index (χ1) is 26.0. The van der Waals surface area contributed by atoms with Gasteiger partial charge in [-0.15, -0.1) is 22.7 Å². The van der Waals surface area contributed by atoms with Gasteiger partial charge in [0.1, 0.15) is 21.5 Å². The molecule has 2 atom stereocenters. The number of rotatable bonds is 8. The van der Waals surface area contributed by atoms with Crippen LogP contribution in [0.2, 0.25) is 0 Å². The van der Waals surface area contributed by atoms with E-state index in [0.717, 1.165) is 43.4 Å². The summed E-state index contributed by atoms with van der Waals surface area (Å²) in [6.07, 6.45) is 8.92. The zero-order valence-corrected chi connectivity index (χ0v) is 31.8. The Morgan fingerprint density at radius 1 is 0.556 bits per heavy atom. The maximum Gasteiger partial charge on any atom is 0.235 e. The van der Waals surface area contributed by atoms with Gasteiger partial charge in [-0.1, -0.05) is 71.0 Å². The van der Waals surface area contributed by atoms with E-state index in [9.17, 15) is 16.8 Å². The Labute approximate surface area is 318 Å². The normalized spacial score (nSPS) is 16.6. The van der Waals surface area contributed by atoms with Gasteiger partial charge in [0.2, 0.25) is 11.8 Å². The number of nitrogens with zero attached hydrogens (tertiary/aromatic N) is 6. The molecule has 0 saturated heterocycles. The summed E-state index contributed by atoms with van der Waals surface area (Å²) in [7, 11) is -6.68. The van der Waals surface area contributed by atoms with E-state index in [1.807, 2.05) is 60.7 Å². The van der Waals surface area contributed by atoms with Crippen molar-refractivity contribution in [3.63, 3.8) is 0 Å². The molecule has 0 spiro atoms. The summed E-state index contributed by atoms with van der Waals surface area (Å²) in [5, 5.41) is 9.77. The molecular formula is C36H30N6O8S4. The second kappa shape index (κ2) is 15.8. The van der Waals surface area contributed by atoms with Gasteiger partial charge < -0.3 is 19.1 Å². The standard InChI is InChI=1S/2C18H15N3O4S2/c2*1-27(22,23)17-8-7-13(10-19-17)24-16-9-14(25-21-16)15-11-20-18(26-15)12-5-3-2-4-6-12/h2*2-8,10-11,14H,9H2,1H3/t2*14-/m10/s1. The molecule has 276 valence electrons. The van der Waals surface area contributed by atoms with Gasteiger partial charge in [-0.3, -0.25) is 0 Å². The smallest absolute Gasteiger partial charge is 0.235 e. The van der Waals surface area contributed by atoms with Gasteiger partial charge in [0.05, 0.1) is 35.0 Å². The Hall–Kier alpha value is -5.56. The van der Waals surface area contributed by atoms with Gasteiger partial charge in [0, 0.05) is 36.0 Å². The quantitative estimate of drug-likeness (QED) is 0.155. The number of hydrogen-bond donors (Lipinski definition) is 0. The van der Waals surface area contributed by atoms with Crippen molar-refractivity contribution in [2.24, 2.45) is 10.3 Å². The molecule has 4 aromatic heterocycles. The van der Waals surface area contributed by atoms with Crippen molar-refractivity contribution in [2.45, 2.75) is 35.1 Å². The highest BCUT2D eigenvalue weighted by atomic mass is 32.2. The molecule has 0 bridgehead atoms. The molecule has 14 nitrogen and oxygen atoms in total. The molecule has 0 N–H and O–H groups in total. The van der Waals surface area contributed by atoms with E-state index in [2.05, 4.69) is 30.2 Å². The topological polar surface area (TPSA) is 181 Å². The van der Waals surface area contributed by atoms with Crippen molar-refractivity contribution in [1.82, 2.24) is 19.9 Å². The molecule has 6 aromatic rings. The van der Waals surface area contributed by atoms with Gasteiger partial charge in [-0.2, -0.15) is 0 Å². The molecule has 54 heavy (non-hydrogen) atoms. The molecule has 0 fully saturated rings. The molecule has 8 rings (SSSR count). The molecule has 18 heteroatoms. The lowest BCUT2D eigenvalue weighted by Crippen LogP contribution is -2.07. The molecule has 6 heterocycles. The average molecular weight is 803 g/mol. The number of ether oxygens (including phenoxy) is 2. The molecule has 2 aromatic carbocycles. The fraction of sp³-hybridized carbons (Fsp3) is 0.167. The predicted octanol–water partition coefficient (Wildman–Crippen LogP) is 6.93. The molecule has 0 saturated carbocycles. The molecule has 0 amide bonds. The molecule has 2 aliphatic heterocycles. The Kier molecular flexibility index (Phi) is 10.8. The van der Waals surface area contributed by atoms with E-state index in [4.69, 9.17) is 19.1 Å². The van der Waals surface area contributed by atoms with Gasteiger partial charge in [-0.25, -0.2) is 36.8 Å². The monoisotopic (exact) mass is 802 g/mol. The largest absolute Gasteiger partial charge is 0.438 e. The minimum Gasteiger partial charge on any atom is -0.438 e. The number of aromatic nitrogens is 4. The number of pyridine rings is 2. The maximum atomic E-state index is 11.4. The highest BCUT2D eigenvalue weighted by molar-refractivity contribution is 7.90. The van der Waals surface area contributed by atoms with Crippen LogP contribution in [0.3, 0.4) is 0 Å². The summed E-state index contributed by atoms with van der Waals surface area (Å²) in [5.74, 6) is 1.62. The molecule has 0 aliphatic carbocycles. The minimum absolute atomic E-state index is 0.00422. The first kappa shape index (κ1) is 36.8. The van der Waals surface area contributed by atoms with Gasteiger partial charge in [0.15, 0.2) is 41.9 Å². The van der Waals surface area contributed by atoms with Gasteiger partial charge in [0.25, 0.3) is 0 Å². The van der Waals surface area contributed by atoms with Crippen LogP contribution in [0, 0.1) is 0 Å². The van der Waals surface area contributed by atoms with Crippen LogP contribution in [-0.4, -0.2) is 61.1 Å². The third-order valence-electron chi connectivity index (χ3n) is 7.66. The van der Waals surface area contributed by atoms with E-state index in [1.165, 1.54) is 24.5 Å². The van der Waals surface area contributed by atoms with Crippen molar-refractivity contribution in [1.29, 1.82) is 0 Å². The zero-order valence-electron chi connectivity index (χ0n) is 28.5. The zero-order chi connectivity index (χ0) is 37.7. The lowest BCUT2D eigenvalue weighted by molar-refractivity contribution is 0.0879. The van der Waals surface area contributed by atoms with E-state index < -0.39 is 19.7 Å². The molecule has 0 radical (unpaired) electrons. The Morgan fingerprint density at radius 2 is 0.963 bits per heavy atom. The molecule has 2 aliphatic rings. The Bertz CT molecular complexity index is 2330. The second-order valence-electron chi connectivity index (χ2n) is 11.8. The Morgan fingerprint density at radius 3 is 1.31 bits per heavy atom. The van der Waals surface area contributed by atoms with Crippen LogP contribution in [0.25, 0.3) is 21.1 Å². The average Bonchev–Trinajstić information content (AvgIpc) is 4.00. The second-order valence-corrected chi connectivity index (χ2v) is 17.9. The molecule has 0 unspecified atom stereocenters. The number of hydrogen-bond acceptors (Lipinski definition) is 16. The summed E-state index contributed by atoms with van der Waals surface area (Å²) in [6.45, 7) is 0. The summed E-state index contributed by atoms with van der Waals surface area (Å²) in [6, 6.07) is 25.7. The van der Waals surface area contributed by atoms with Crippen molar-refractivity contribution >= 4 is 54.1 Å². The molecular weight excluding hydrogens is 773 g/mol. The maximum absolute atomic E-state index is 11.4. The van der Waals surface area contributed by atoms with Crippen LogP contribution < -0.4 is 9.47 Å². The predicted molar refractivity (Wildman–Crippen MR) is 203 cm³/mol. The van der Waals surface area contributed by atoms with Crippen molar-refractivity contribution in [3.8, 4) is 32.6 Å². The summed E-state index contributed by atoms with van der Waals surface area (Å²) >= 11 is 3.10. The van der Waals surface area contributed by atoms with Gasteiger partial charge in [-0.05, 0) is 24.3 Å². The number of oxime groups is 2. The van der Waals surface area contributed by atoms with E-state index >= 15 is 0 Å². The summed E-state index contributed by atoms with van der Waals surface area (Å²) < 4.78 is 57.0. The fourth-order valence-electron chi connectivity index (χ4n) is 5.00. The van der Waals surface area contributed by atoms with Crippen LogP contribution in [0.4, 0.5) is 0 Å². The highest BCUT2D eigenvalue weighted by Gasteiger charge is 2.28. The van der Waals surface area contributed by atoms with Crippen molar-refractivity contribution in [3.05, 3.63) is 119 Å². The first-order valence-electron chi connectivity index (χ1n) is 16.1. The number of sulfone groups is 2. The van der Waals surface area contributed by atoms with E-state index in [-0.39, 0.29) is 22.3 Å². The van der Waals surface area contributed by atoms with E-state index in [1.54, 1.807) is 47.2 Å². The van der Waals surface area contributed by atoms with E-state index in [0.29, 0.717) is 36.1 Å². The SMILES string of the molecule is CS(=O)(=O)c1ccc(OC2=NO[C@@H](c3cnc(-c4ccccc4)s3)C2)cn1.CS(=O)(=O)c1ccc(OC2=NO[C@H](c3cnc(-c4ccccc4)s3)C2)cn1. The van der Waals surface area contributed by atoms with Crippen LogP contribution in [-0.2, 0) is 29.3 Å². The van der Waals surface area contributed by atoms with Crippen LogP contribution >= 0.6 is 22.7 Å². The lowest BCUT2D eigenvalue weighted by atomic mass is 10.2. The highest BCUT2D eigenvalue weighted by Crippen LogP contribution is 2.36. The van der Waals surface area contributed by atoms with Crippen molar-refractivity contribution in [2.75, 3.05) is 12.5 Å². The van der Waals surface area contributed by atoms with Gasteiger partial charge >= 0.3 is 0 Å². The van der Waals surface area contributed by atoms with Crippen LogP contribution in [0.15, 0.2) is 130 Å². The summed E-state index contributed by atoms with van der Waals surface area (Å²) in [5.41, 5.74) is 2.11. The van der Waals surface area contributed by atoms with Crippen LogP contribution in [0.1, 0.15) is 34.8 Å². The van der Waals surface area contributed by atoms with Crippen LogP contribution in [0.5, 0.6) is 11.5 Å². The third kappa shape index (κ3) is 9.14.